The summed E-state index contributed by atoms with van der Waals surface area (Å²) in [5.74, 6) is -0.977. The molecule has 2 aromatic carbocycles. The average molecular weight is 434 g/mol. The van der Waals surface area contributed by atoms with E-state index in [-0.39, 0.29) is 27.4 Å². The number of nitrogens with zero attached hydrogens (tertiary/aromatic N) is 1. The van der Waals surface area contributed by atoms with E-state index in [0.29, 0.717) is 0 Å². The number of rotatable bonds is 4. The fraction of sp³-hybridized carbons (Fsp3) is 0.105. The molecule has 0 unspecified atom stereocenters. The van der Waals surface area contributed by atoms with Gasteiger partial charge in [0.15, 0.2) is 0 Å². The zero-order chi connectivity index (χ0) is 21.2. The number of hydrogen-bond acceptors (Lipinski definition) is 3. The van der Waals surface area contributed by atoms with Crippen molar-refractivity contribution < 1.29 is 35.8 Å². The van der Waals surface area contributed by atoms with Crippen molar-refractivity contribution in [3.8, 4) is 33.9 Å². The molecule has 0 N–H and O–H groups in total. The van der Waals surface area contributed by atoms with Crippen LogP contribution in [0.4, 0.5) is 26.3 Å². The number of pyridine rings is 1. The first-order valence-corrected chi connectivity index (χ1v) is 8.27. The van der Waals surface area contributed by atoms with E-state index in [4.69, 9.17) is 11.6 Å². The van der Waals surface area contributed by atoms with Crippen LogP contribution in [-0.2, 0) is 0 Å². The van der Waals surface area contributed by atoms with Gasteiger partial charge in [-0.05, 0) is 24.3 Å². The van der Waals surface area contributed by atoms with Crippen molar-refractivity contribution in [1.29, 1.82) is 0 Å². The lowest BCUT2D eigenvalue weighted by atomic mass is 10.0. The highest BCUT2D eigenvalue weighted by atomic mass is 35.5. The van der Waals surface area contributed by atoms with Crippen LogP contribution in [0.5, 0.6) is 11.5 Å². The second-order valence-corrected chi connectivity index (χ2v) is 6.05. The molecular formula is C19H10ClF6NO2. The first kappa shape index (κ1) is 20.8. The molecule has 0 bridgehead atoms. The number of halogens is 7. The minimum atomic E-state index is -4.92. The highest BCUT2D eigenvalue weighted by Gasteiger charge is 2.33. The Kier molecular flexibility index (Phi) is 5.61. The summed E-state index contributed by atoms with van der Waals surface area (Å²) in [6.45, 7) is 0. The van der Waals surface area contributed by atoms with Crippen molar-refractivity contribution in [2.24, 2.45) is 0 Å². The topological polar surface area (TPSA) is 31.4 Å². The molecule has 10 heteroatoms. The third kappa shape index (κ3) is 5.32. The lowest BCUT2D eigenvalue weighted by Crippen LogP contribution is -2.17. The quantitative estimate of drug-likeness (QED) is 0.421. The number of hydrogen-bond donors (Lipinski definition) is 0. The second-order valence-electron chi connectivity index (χ2n) is 5.64. The zero-order valence-corrected chi connectivity index (χ0v) is 14.9. The molecule has 1 aromatic heterocycles. The average Bonchev–Trinajstić information content (AvgIpc) is 2.60. The molecule has 1 heterocycles. The van der Waals surface area contributed by atoms with Crippen LogP contribution in [0.1, 0.15) is 0 Å². The standard InChI is InChI=1S/C19H10ClF6NO2/c20-14-9-11(12-5-1-3-7-15(12)28-18(21,22)23)10-27-17(14)13-6-2-4-8-16(13)29-19(24,25)26/h1-10H. The maximum Gasteiger partial charge on any atom is 0.573 e. The van der Waals surface area contributed by atoms with E-state index in [0.717, 1.165) is 12.1 Å². The molecule has 0 fully saturated rings. The molecule has 152 valence electrons. The van der Waals surface area contributed by atoms with Crippen molar-refractivity contribution in [1.82, 2.24) is 4.98 Å². The summed E-state index contributed by atoms with van der Waals surface area (Å²) in [5, 5.41) is -0.0810. The lowest BCUT2D eigenvalue weighted by Gasteiger charge is -2.15. The van der Waals surface area contributed by atoms with Crippen LogP contribution < -0.4 is 9.47 Å². The Labute approximate surface area is 165 Å². The molecule has 0 radical (unpaired) electrons. The maximum absolute atomic E-state index is 12.6. The van der Waals surface area contributed by atoms with E-state index in [1.54, 1.807) is 0 Å². The smallest absolute Gasteiger partial charge is 0.405 e. The number of alkyl halides is 6. The Morgan fingerprint density at radius 3 is 1.72 bits per heavy atom. The van der Waals surface area contributed by atoms with Gasteiger partial charge in [-0.1, -0.05) is 41.9 Å². The second kappa shape index (κ2) is 7.82. The molecule has 3 nitrogen and oxygen atoms in total. The SMILES string of the molecule is FC(F)(F)Oc1ccccc1-c1cnc(-c2ccccc2OC(F)(F)F)c(Cl)c1. The summed E-state index contributed by atoms with van der Waals surface area (Å²) < 4.78 is 83.7. The fourth-order valence-electron chi connectivity index (χ4n) is 2.58. The first-order valence-electron chi connectivity index (χ1n) is 7.89. The summed E-state index contributed by atoms with van der Waals surface area (Å²) in [5.41, 5.74) is 0.198. The Morgan fingerprint density at radius 2 is 1.21 bits per heavy atom. The van der Waals surface area contributed by atoms with Crippen LogP contribution in [0.25, 0.3) is 22.4 Å². The zero-order valence-electron chi connectivity index (χ0n) is 14.2. The van der Waals surface area contributed by atoms with Crippen LogP contribution >= 0.6 is 11.6 Å². The molecule has 0 spiro atoms. The van der Waals surface area contributed by atoms with Gasteiger partial charge in [-0.15, -0.1) is 26.3 Å². The van der Waals surface area contributed by atoms with Gasteiger partial charge < -0.3 is 9.47 Å². The van der Waals surface area contributed by atoms with E-state index >= 15 is 0 Å². The Bertz CT molecular complexity index is 1020. The molecule has 0 aliphatic carbocycles. The molecule has 0 aliphatic rings. The molecular weight excluding hydrogens is 424 g/mol. The summed E-state index contributed by atoms with van der Waals surface area (Å²) >= 11 is 6.18. The highest BCUT2D eigenvalue weighted by molar-refractivity contribution is 6.33. The van der Waals surface area contributed by atoms with Crippen molar-refractivity contribution in [2.45, 2.75) is 12.7 Å². The van der Waals surface area contributed by atoms with Crippen LogP contribution in [-0.4, -0.2) is 17.7 Å². The van der Waals surface area contributed by atoms with E-state index in [1.807, 2.05) is 0 Å². The van der Waals surface area contributed by atoms with Gasteiger partial charge in [0.25, 0.3) is 0 Å². The molecule has 29 heavy (non-hydrogen) atoms. The van der Waals surface area contributed by atoms with Crippen molar-refractivity contribution in [2.75, 3.05) is 0 Å². The normalized spacial score (nSPS) is 12.0. The number of aromatic nitrogens is 1. The van der Waals surface area contributed by atoms with Crippen molar-refractivity contribution in [3.05, 3.63) is 65.8 Å². The summed E-state index contributed by atoms with van der Waals surface area (Å²) in [4.78, 5) is 4.04. The monoisotopic (exact) mass is 433 g/mol. The van der Waals surface area contributed by atoms with Crippen LogP contribution in [0, 0.1) is 0 Å². The van der Waals surface area contributed by atoms with Gasteiger partial charge >= 0.3 is 12.7 Å². The van der Waals surface area contributed by atoms with Crippen molar-refractivity contribution in [3.63, 3.8) is 0 Å². The van der Waals surface area contributed by atoms with E-state index in [2.05, 4.69) is 14.5 Å². The predicted molar refractivity (Wildman–Crippen MR) is 93.5 cm³/mol. The minimum Gasteiger partial charge on any atom is -0.405 e. The van der Waals surface area contributed by atoms with E-state index < -0.39 is 24.2 Å². The lowest BCUT2D eigenvalue weighted by molar-refractivity contribution is -0.275. The highest BCUT2D eigenvalue weighted by Crippen LogP contribution is 2.39. The van der Waals surface area contributed by atoms with Crippen LogP contribution in [0.15, 0.2) is 60.8 Å². The number of benzene rings is 2. The molecule has 0 saturated carbocycles. The van der Waals surface area contributed by atoms with Gasteiger partial charge in [-0.2, -0.15) is 0 Å². The number of para-hydroxylation sites is 2. The Hall–Kier alpha value is -2.94. The van der Waals surface area contributed by atoms with Gasteiger partial charge in [0.2, 0.25) is 0 Å². The number of ether oxygens (including phenoxy) is 2. The minimum absolute atomic E-state index is 0.0236. The Morgan fingerprint density at radius 1 is 0.724 bits per heavy atom. The largest absolute Gasteiger partial charge is 0.573 e. The molecule has 0 saturated heterocycles. The first-order chi connectivity index (χ1) is 13.5. The van der Waals surface area contributed by atoms with Gasteiger partial charge in [-0.3, -0.25) is 4.98 Å². The van der Waals surface area contributed by atoms with Gasteiger partial charge in [0.05, 0.1) is 10.7 Å². The van der Waals surface area contributed by atoms with E-state index in [1.165, 1.54) is 48.7 Å². The van der Waals surface area contributed by atoms with Gasteiger partial charge in [0, 0.05) is 22.9 Å². The molecule has 0 amide bonds. The third-order valence-electron chi connectivity index (χ3n) is 3.63. The maximum atomic E-state index is 12.6. The molecule has 3 aromatic rings. The Balaban J connectivity index is 2.02. The molecule has 0 atom stereocenters. The summed E-state index contributed by atoms with van der Waals surface area (Å²) in [7, 11) is 0. The van der Waals surface area contributed by atoms with Gasteiger partial charge in [0.1, 0.15) is 11.5 Å². The van der Waals surface area contributed by atoms with Crippen LogP contribution in [0.3, 0.4) is 0 Å². The third-order valence-corrected chi connectivity index (χ3v) is 3.92. The van der Waals surface area contributed by atoms with Gasteiger partial charge in [-0.25, -0.2) is 0 Å². The fourth-order valence-corrected chi connectivity index (χ4v) is 2.85. The predicted octanol–water partition coefficient (Wildman–Crippen LogP) is 6.87. The summed E-state index contributed by atoms with van der Waals surface area (Å²) in [6, 6.07) is 11.9. The molecule has 0 aliphatic heterocycles. The van der Waals surface area contributed by atoms with Crippen molar-refractivity contribution >= 4 is 11.6 Å². The van der Waals surface area contributed by atoms with E-state index in [9.17, 15) is 26.3 Å². The molecule has 3 rings (SSSR count). The summed E-state index contributed by atoms with van der Waals surface area (Å²) in [6.07, 6.45) is -8.64. The van der Waals surface area contributed by atoms with Crippen LogP contribution in [0.2, 0.25) is 5.02 Å².